The Morgan fingerprint density at radius 1 is 1.65 bits per heavy atom. The standard InChI is InChI=1S/C9H13ClN4O2S/c1-3-14(6-4-5-11)17(15,16)9-8(10)7-12-13(9)2/h7H,3-4,6H2,1-2H3. The van der Waals surface area contributed by atoms with E-state index in [2.05, 4.69) is 5.10 Å². The molecule has 0 N–H and O–H groups in total. The van der Waals surface area contributed by atoms with Gasteiger partial charge in [0.2, 0.25) is 0 Å². The smallest absolute Gasteiger partial charge is 0.255 e. The summed E-state index contributed by atoms with van der Waals surface area (Å²) < 4.78 is 26.9. The van der Waals surface area contributed by atoms with Crippen LogP contribution in [0.15, 0.2) is 11.2 Å². The Morgan fingerprint density at radius 3 is 2.71 bits per heavy atom. The van der Waals surface area contributed by atoms with Crippen molar-refractivity contribution in [2.24, 2.45) is 7.05 Å². The minimum absolute atomic E-state index is 0.0426. The molecule has 0 aliphatic rings. The van der Waals surface area contributed by atoms with Gasteiger partial charge in [0, 0.05) is 26.6 Å². The first-order valence-electron chi connectivity index (χ1n) is 4.99. The van der Waals surface area contributed by atoms with Crippen LogP contribution in [-0.2, 0) is 17.1 Å². The summed E-state index contributed by atoms with van der Waals surface area (Å²) in [6.07, 6.45) is 1.43. The number of aromatic nitrogens is 2. The highest BCUT2D eigenvalue weighted by Crippen LogP contribution is 2.23. The fourth-order valence-electron chi connectivity index (χ4n) is 1.43. The molecule has 0 fully saturated rings. The van der Waals surface area contributed by atoms with E-state index in [0.29, 0.717) is 0 Å². The minimum atomic E-state index is -3.69. The Balaban J connectivity index is 3.14. The molecule has 0 saturated carbocycles. The molecular formula is C9H13ClN4O2S. The van der Waals surface area contributed by atoms with Crippen LogP contribution in [0.2, 0.25) is 5.02 Å². The van der Waals surface area contributed by atoms with Gasteiger partial charge < -0.3 is 0 Å². The average molecular weight is 277 g/mol. The lowest BCUT2D eigenvalue weighted by atomic mass is 10.5. The highest BCUT2D eigenvalue weighted by Gasteiger charge is 2.28. The largest absolute Gasteiger partial charge is 0.261 e. The van der Waals surface area contributed by atoms with E-state index < -0.39 is 10.0 Å². The number of aryl methyl sites for hydroxylation is 1. The molecule has 1 aromatic rings. The molecule has 0 amide bonds. The maximum atomic E-state index is 12.2. The zero-order chi connectivity index (χ0) is 13.1. The van der Waals surface area contributed by atoms with Crippen LogP contribution < -0.4 is 0 Å². The third-order valence-electron chi connectivity index (χ3n) is 2.25. The Kier molecular flexibility index (Phi) is 4.51. The number of hydrogen-bond acceptors (Lipinski definition) is 4. The van der Waals surface area contributed by atoms with Crippen molar-refractivity contribution in [1.29, 1.82) is 5.26 Å². The molecular weight excluding hydrogens is 264 g/mol. The summed E-state index contributed by atoms with van der Waals surface area (Å²) in [5.74, 6) is 0. The molecule has 1 heterocycles. The summed E-state index contributed by atoms with van der Waals surface area (Å²) in [5.41, 5.74) is 0. The van der Waals surface area contributed by atoms with Crippen LogP contribution in [0.25, 0.3) is 0 Å². The Hall–Kier alpha value is -1.10. The van der Waals surface area contributed by atoms with E-state index in [1.54, 1.807) is 6.92 Å². The number of nitrogens with zero attached hydrogens (tertiary/aromatic N) is 4. The minimum Gasteiger partial charge on any atom is -0.255 e. The van der Waals surface area contributed by atoms with E-state index in [1.807, 2.05) is 6.07 Å². The summed E-state index contributed by atoms with van der Waals surface area (Å²) in [6, 6.07) is 1.92. The van der Waals surface area contributed by atoms with Gasteiger partial charge in [0.1, 0.15) is 0 Å². The van der Waals surface area contributed by atoms with Crippen LogP contribution in [0.1, 0.15) is 13.3 Å². The molecule has 1 rings (SSSR count). The van der Waals surface area contributed by atoms with Crippen molar-refractivity contribution in [3.05, 3.63) is 11.2 Å². The van der Waals surface area contributed by atoms with Crippen molar-refractivity contribution in [3.8, 4) is 6.07 Å². The van der Waals surface area contributed by atoms with Crippen molar-refractivity contribution in [2.45, 2.75) is 18.4 Å². The molecule has 1 aromatic heterocycles. The van der Waals surface area contributed by atoms with Gasteiger partial charge in [-0.2, -0.15) is 14.7 Å². The second-order valence-corrected chi connectivity index (χ2v) is 5.59. The van der Waals surface area contributed by atoms with Gasteiger partial charge in [-0.15, -0.1) is 0 Å². The maximum Gasteiger partial charge on any atom is 0.261 e. The van der Waals surface area contributed by atoms with Gasteiger partial charge >= 0.3 is 0 Å². The first kappa shape index (κ1) is 14.0. The van der Waals surface area contributed by atoms with E-state index in [0.717, 1.165) is 0 Å². The quantitative estimate of drug-likeness (QED) is 0.804. The second-order valence-electron chi connectivity index (χ2n) is 3.33. The molecule has 17 heavy (non-hydrogen) atoms. The van der Waals surface area contributed by atoms with E-state index in [4.69, 9.17) is 16.9 Å². The third-order valence-corrected chi connectivity index (χ3v) is 4.73. The SMILES string of the molecule is CCN(CCC#N)S(=O)(=O)c1c(Cl)cnn1C. The zero-order valence-electron chi connectivity index (χ0n) is 9.59. The van der Waals surface area contributed by atoms with Gasteiger partial charge in [0.05, 0.1) is 17.3 Å². The lowest BCUT2D eigenvalue weighted by Gasteiger charge is -2.19. The molecule has 0 atom stereocenters. The van der Waals surface area contributed by atoms with E-state index in [1.165, 1.54) is 22.2 Å². The zero-order valence-corrected chi connectivity index (χ0v) is 11.2. The molecule has 0 bridgehead atoms. The van der Waals surface area contributed by atoms with Crippen LogP contribution >= 0.6 is 11.6 Å². The molecule has 0 aliphatic heterocycles. The fourth-order valence-corrected chi connectivity index (χ4v) is 3.49. The van der Waals surface area contributed by atoms with Crippen LogP contribution in [0.3, 0.4) is 0 Å². The van der Waals surface area contributed by atoms with Gasteiger partial charge in [0.25, 0.3) is 10.0 Å². The van der Waals surface area contributed by atoms with E-state index in [-0.39, 0.29) is 29.6 Å². The molecule has 0 spiro atoms. The number of hydrogen-bond donors (Lipinski definition) is 0. The third kappa shape index (κ3) is 2.77. The van der Waals surface area contributed by atoms with Crippen molar-refractivity contribution < 1.29 is 8.42 Å². The molecule has 0 radical (unpaired) electrons. The average Bonchev–Trinajstić information content (AvgIpc) is 2.59. The van der Waals surface area contributed by atoms with Gasteiger partial charge in [-0.05, 0) is 0 Å². The van der Waals surface area contributed by atoms with Crippen LogP contribution in [0, 0.1) is 11.3 Å². The summed E-state index contributed by atoms with van der Waals surface area (Å²) in [5, 5.41) is 12.3. The molecule has 0 saturated heterocycles. The van der Waals surface area contributed by atoms with Gasteiger partial charge in [-0.25, -0.2) is 8.42 Å². The van der Waals surface area contributed by atoms with Crippen molar-refractivity contribution in [1.82, 2.24) is 14.1 Å². The summed E-state index contributed by atoms with van der Waals surface area (Å²) in [7, 11) is -2.18. The summed E-state index contributed by atoms with van der Waals surface area (Å²) >= 11 is 5.81. The lowest BCUT2D eigenvalue weighted by molar-refractivity contribution is 0.428. The second kappa shape index (κ2) is 5.49. The molecule has 8 heteroatoms. The number of halogens is 1. The topological polar surface area (TPSA) is 79.0 Å². The lowest BCUT2D eigenvalue weighted by Crippen LogP contribution is -2.33. The fraction of sp³-hybridized carbons (Fsp3) is 0.556. The predicted molar refractivity (Wildman–Crippen MR) is 62.9 cm³/mol. The summed E-state index contributed by atoms with van der Waals surface area (Å²) in [6.45, 7) is 2.14. The number of rotatable bonds is 5. The first-order chi connectivity index (χ1) is 7.95. The summed E-state index contributed by atoms with van der Waals surface area (Å²) in [4.78, 5) is 0. The van der Waals surface area contributed by atoms with Crippen molar-refractivity contribution in [2.75, 3.05) is 13.1 Å². The molecule has 0 aliphatic carbocycles. The highest BCUT2D eigenvalue weighted by molar-refractivity contribution is 7.89. The molecule has 0 unspecified atom stereocenters. The van der Waals surface area contributed by atoms with E-state index >= 15 is 0 Å². The van der Waals surface area contributed by atoms with Crippen molar-refractivity contribution >= 4 is 21.6 Å². The Morgan fingerprint density at radius 2 is 2.29 bits per heavy atom. The Labute approximate surface area is 105 Å². The normalized spacial score (nSPS) is 11.7. The van der Waals surface area contributed by atoms with Crippen LogP contribution in [0.4, 0.5) is 0 Å². The molecule has 94 valence electrons. The molecule has 0 aromatic carbocycles. The maximum absolute atomic E-state index is 12.2. The van der Waals surface area contributed by atoms with Crippen LogP contribution in [-0.4, -0.2) is 35.6 Å². The van der Waals surface area contributed by atoms with Gasteiger partial charge in [-0.3, -0.25) is 4.68 Å². The number of nitriles is 1. The predicted octanol–water partition coefficient (Wildman–Crippen LogP) is 0.998. The monoisotopic (exact) mass is 276 g/mol. The molecule has 6 nitrogen and oxygen atoms in total. The highest BCUT2D eigenvalue weighted by atomic mass is 35.5. The first-order valence-corrected chi connectivity index (χ1v) is 6.81. The van der Waals surface area contributed by atoms with Gasteiger partial charge in [0.15, 0.2) is 5.03 Å². The Bertz CT molecular complexity index is 512. The number of sulfonamides is 1. The van der Waals surface area contributed by atoms with Gasteiger partial charge in [-0.1, -0.05) is 18.5 Å². The van der Waals surface area contributed by atoms with Crippen molar-refractivity contribution in [3.63, 3.8) is 0 Å². The van der Waals surface area contributed by atoms with E-state index in [9.17, 15) is 8.42 Å². The van der Waals surface area contributed by atoms with Crippen LogP contribution in [0.5, 0.6) is 0 Å².